The smallest absolute Gasteiger partial charge is 0.225 e. The summed E-state index contributed by atoms with van der Waals surface area (Å²) in [6.07, 6.45) is 7.66. The van der Waals surface area contributed by atoms with E-state index in [1.807, 2.05) is 11.3 Å². The predicted molar refractivity (Wildman–Crippen MR) is 83.4 cm³/mol. The molecule has 1 aromatic heterocycles. The highest BCUT2D eigenvalue weighted by Gasteiger charge is 2.42. The molecule has 1 saturated heterocycles. The van der Waals surface area contributed by atoms with Crippen molar-refractivity contribution in [1.82, 2.24) is 4.90 Å². The molecule has 2 fully saturated rings. The molecule has 0 atom stereocenters. The van der Waals surface area contributed by atoms with Gasteiger partial charge in [0.25, 0.3) is 0 Å². The Morgan fingerprint density at radius 2 is 2.05 bits per heavy atom. The Morgan fingerprint density at radius 1 is 1.29 bits per heavy atom. The average Bonchev–Trinajstić information content (AvgIpc) is 3.19. The number of piperidine rings is 1. The van der Waals surface area contributed by atoms with Gasteiger partial charge >= 0.3 is 0 Å². The monoisotopic (exact) mass is 305 g/mol. The number of likely N-dealkylation sites (tertiary alicyclic amines) is 1. The van der Waals surface area contributed by atoms with Gasteiger partial charge in [-0.1, -0.05) is 12.8 Å². The summed E-state index contributed by atoms with van der Waals surface area (Å²) in [7, 11) is 0. The first kappa shape index (κ1) is 13.8. The number of nitrogens with zero attached hydrogens (tertiary/aromatic N) is 1. The highest BCUT2D eigenvalue weighted by molar-refractivity contribution is 7.10. The lowest BCUT2D eigenvalue weighted by atomic mass is 9.82. The van der Waals surface area contributed by atoms with Crippen LogP contribution in [0.15, 0.2) is 11.4 Å². The summed E-state index contributed by atoms with van der Waals surface area (Å²) >= 11 is 1.86. The lowest BCUT2D eigenvalue weighted by molar-refractivity contribution is -0.144. The van der Waals surface area contributed by atoms with Gasteiger partial charge in [0.2, 0.25) is 5.91 Å². The fourth-order valence-electron chi connectivity index (χ4n) is 4.29. The Balaban J connectivity index is 1.47. The Bertz CT molecular complexity index is 525. The number of carbonyl (C=O) groups excluding carboxylic acids is 1. The molecule has 3 aliphatic rings. The molecule has 114 valence electrons. The van der Waals surface area contributed by atoms with Gasteiger partial charge in [-0.25, -0.2) is 0 Å². The fraction of sp³-hybridized carbons (Fsp3) is 0.706. The van der Waals surface area contributed by atoms with Crippen molar-refractivity contribution in [3.05, 3.63) is 21.9 Å². The summed E-state index contributed by atoms with van der Waals surface area (Å²) in [6.45, 7) is 2.57. The lowest BCUT2D eigenvalue weighted by Crippen LogP contribution is -2.49. The van der Waals surface area contributed by atoms with Crippen molar-refractivity contribution >= 4 is 17.2 Å². The van der Waals surface area contributed by atoms with E-state index in [0.29, 0.717) is 11.8 Å². The third kappa shape index (κ3) is 2.33. The second kappa shape index (κ2) is 5.40. The molecule has 1 amide bonds. The molecule has 3 heterocycles. The zero-order valence-electron chi connectivity index (χ0n) is 12.5. The minimum absolute atomic E-state index is 0.0972. The number of fused-ring (bicyclic) bond motifs is 2. The molecule has 2 aliphatic heterocycles. The summed E-state index contributed by atoms with van der Waals surface area (Å²) in [5.41, 5.74) is 1.31. The Hall–Kier alpha value is -0.870. The van der Waals surface area contributed by atoms with Crippen LogP contribution in [0.5, 0.6) is 0 Å². The normalized spacial score (nSPS) is 25.2. The van der Waals surface area contributed by atoms with Gasteiger partial charge in [0.15, 0.2) is 0 Å². The lowest BCUT2D eigenvalue weighted by Gasteiger charge is -2.44. The molecular formula is C17H23NO2S. The largest absolute Gasteiger partial charge is 0.370 e. The van der Waals surface area contributed by atoms with Crippen LogP contribution in [-0.4, -0.2) is 30.5 Å². The minimum Gasteiger partial charge on any atom is -0.370 e. The van der Waals surface area contributed by atoms with E-state index in [9.17, 15) is 4.79 Å². The van der Waals surface area contributed by atoms with E-state index in [0.717, 1.165) is 51.8 Å². The molecule has 0 radical (unpaired) electrons. The van der Waals surface area contributed by atoms with Gasteiger partial charge in [-0.2, -0.15) is 0 Å². The number of rotatable bonds is 1. The maximum atomic E-state index is 12.6. The van der Waals surface area contributed by atoms with Crippen LogP contribution in [0.2, 0.25) is 0 Å². The Kier molecular flexibility index (Phi) is 3.54. The van der Waals surface area contributed by atoms with E-state index < -0.39 is 0 Å². The van der Waals surface area contributed by atoms with Crippen molar-refractivity contribution in [2.24, 2.45) is 5.92 Å². The van der Waals surface area contributed by atoms with Gasteiger partial charge in [-0.3, -0.25) is 4.79 Å². The standard InChI is InChI=1S/C17H23NO2S/c19-16(13-3-1-2-4-13)18-9-7-17(8-10-18)14-6-12-21-15(14)5-11-20-17/h6,12-13H,1-5,7-11H2. The number of hydrogen-bond acceptors (Lipinski definition) is 3. The first-order valence-corrected chi connectivity index (χ1v) is 9.16. The van der Waals surface area contributed by atoms with Crippen molar-refractivity contribution in [1.29, 1.82) is 0 Å². The fourth-order valence-corrected chi connectivity index (χ4v) is 5.24. The highest BCUT2D eigenvalue weighted by atomic mass is 32.1. The third-order valence-electron chi connectivity index (χ3n) is 5.53. The maximum Gasteiger partial charge on any atom is 0.225 e. The first-order chi connectivity index (χ1) is 10.3. The number of amides is 1. The molecule has 0 N–H and O–H groups in total. The molecule has 0 unspecified atom stereocenters. The third-order valence-corrected chi connectivity index (χ3v) is 6.51. The van der Waals surface area contributed by atoms with Crippen LogP contribution in [0, 0.1) is 5.92 Å². The van der Waals surface area contributed by atoms with Gasteiger partial charge in [-0.05, 0) is 42.7 Å². The summed E-state index contributed by atoms with van der Waals surface area (Å²) < 4.78 is 6.21. The zero-order valence-corrected chi connectivity index (χ0v) is 13.3. The first-order valence-electron chi connectivity index (χ1n) is 8.28. The van der Waals surface area contributed by atoms with Gasteiger partial charge in [0, 0.05) is 30.3 Å². The van der Waals surface area contributed by atoms with E-state index in [4.69, 9.17) is 4.74 Å². The quantitative estimate of drug-likeness (QED) is 0.796. The van der Waals surface area contributed by atoms with Gasteiger partial charge in [0.05, 0.1) is 12.2 Å². The molecule has 1 aromatic rings. The van der Waals surface area contributed by atoms with Crippen LogP contribution >= 0.6 is 11.3 Å². The molecule has 3 nitrogen and oxygen atoms in total. The summed E-state index contributed by atoms with van der Waals surface area (Å²) in [4.78, 5) is 16.2. The average molecular weight is 305 g/mol. The molecule has 4 heteroatoms. The molecule has 1 saturated carbocycles. The molecule has 21 heavy (non-hydrogen) atoms. The van der Waals surface area contributed by atoms with Crippen molar-refractivity contribution in [2.75, 3.05) is 19.7 Å². The second-order valence-corrected chi connectivity index (χ2v) is 7.66. The van der Waals surface area contributed by atoms with E-state index in [1.165, 1.54) is 23.3 Å². The van der Waals surface area contributed by atoms with Crippen molar-refractivity contribution in [3.63, 3.8) is 0 Å². The predicted octanol–water partition coefficient (Wildman–Crippen LogP) is 3.33. The van der Waals surface area contributed by atoms with Gasteiger partial charge in [0.1, 0.15) is 0 Å². The molecule has 1 spiro atoms. The number of thiophene rings is 1. The Labute approximate surface area is 130 Å². The number of ether oxygens (including phenoxy) is 1. The topological polar surface area (TPSA) is 29.5 Å². The molecule has 1 aliphatic carbocycles. The molecule has 0 bridgehead atoms. The Morgan fingerprint density at radius 3 is 2.81 bits per heavy atom. The molecular weight excluding hydrogens is 282 g/mol. The van der Waals surface area contributed by atoms with Gasteiger partial charge in [-0.15, -0.1) is 11.3 Å². The number of carbonyl (C=O) groups is 1. The van der Waals surface area contributed by atoms with Crippen LogP contribution in [0.1, 0.15) is 49.0 Å². The molecule has 4 rings (SSSR count). The minimum atomic E-state index is -0.0972. The van der Waals surface area contributed by atoms with E-state index >= 15 is 0 Å². The van der Waals surface area contributed by atoms with E-state index in [1.54, 1.807) is 0 Å². The maximum absolute atomic E-state index is 12.6. The second-order valence-electron chi connectivity index (χ2n) is 6.66. The highest BCUT2D eigenvalue weighted by Crippen LogP contribution is 2.43. The zero-order chi connectivity index (χ0) is 14.3. The van der Waals surface area contributed by atoms with Crippen LogP contribution in [0.4, 0.5) is 0 Å². The molecule has 0 aromatic carbocycles. The van der Waals surface area contributed by atoms with E-state index in [2.05, 4.69) is 16.3 Å². The van der Waals surface area contributed by atoms with Gasteiger partial charge < -0.3 is 9.64 Å². The number of hydrogen-bond donors (Lipinski definition) is 0. The van der Waals surface area contributed by atoms with Crippen molar-refractivity contribution in [3.8, 4) is 0 Å². The summed E-state index contributed by atoms with van der Waals surface area (Å²) in [5.74, 6) is 0.715. The van der Waals surface area contributed by atoms with E-state index in [-0.39, 0.29) is 5.60 Å². The van der Waals surface area contributed by atoms with Crippen LogP contribution in [-0.2, 0) is 21.6 Å². The SMILES string of the molecule is O=C(C1CCCC1)N1CCC2(CC1)OCCc1sccc12. The van der Waals surface area contributed by atoms with Crippen molar-refractivity contribution in [2.45, 2.75) is 50.5 Å². The summed E-state index contributed by atoms with van der Waals surface area (Å²) in [5, 5.41) is 2.19. The van der Waals surface area contributed by atoms with Crippen molar-refractivity contribution < 1.29 is 9.53 Å². The van der Waals surface area contributed by atoms with Crippen LogP contribution in [0.3, 0.4) is 0 Å². The van der Waals surface area contributed by atoms with Crippen LogP contribution in [0.25, 0.3) is 0 Å². The van der Waals surface area contributed by atoms with Crippen LogP contribution < -0.4 is 0 Å². The summed E-state index contributed by atoms with van der Waals surface area (Å²) in [6, 6.07) is 2.24.